The Kier molecular flexibility index (Phi) is 4.73. The Morgan fingerprint density at radius 2 is 2.05 bits per heavy atom. The number of nitrogens with one attached hydrogen (secondary N) is 2. The van der Waals surface area contributed by atoms with Gasteiger partial charge in [-0.15, -0.1) is 0 Å². The van der Waals surface area contributed by atoms with Crippen molar-refractivity contribution in [2.45, 2.75) is 38.3 Å². The van der Waals surface area contributed by atoms with Gasteiger partial charge < -0.3 is 15.2 Å². The van der Waals surface area contributed by atoms with E-state index >= 15 is 0 Å². The molecule has 0 atom stereocenters. The maximum absolute atomic E-state index is 5.39. The van der Waals surface area contributed by atoms with E-state index in [0.29, 0.717) is 12.6 Å². The molecule has 0 bridgehead atoms. The lowest BCUT2D eigenvalue weighted by Gasteiger charge is -2.15. The minimum atomic E-state index is 0.542. The summed E-state index contributed by atoms with van der Waals surface area (Å²) in [6.45, 7) is 0.576. The van der Waals surface area contributed by atoms with Crippen LogP contribution in [-0.4, -0.2) is 24.2 Å². The zero-order chi connectivity index (χ0) is 15.2. The van der Waals surface area contributed by atoms with Crippen molar-refractivity contribution in [3.05, 3.63) is 42.2 Å². The Bertz CT molecular complexity index is 615. The molecule has 0 amide bonds. The fraction of sp³-hybridized carbons (Fsp3) is 0.412. The largest absolute Gasteiger partial charge is 0.359 e. The summed E-state index contributed by atoms with van der Waals surface area (Å²) in [6.07, 6.45) is 5.05. The third-order valence-electron chi connectivity index (χ3n) is 3.98. The van der Waals surface area contributed by atoms with Gasteiger partial charge in [0.05, 0.1) is 6.54 Å². The Hall–Kier alpha value is -2.30. The van der Waals surface area contributed by atoms with Gasteiger partial charge in [-0.05, 0) is 12.8 Å². The van der Waals surface area contributed by atoms with E-state index < -0.39 is 0 Å². The van der Waals surface area contributed by atoms with Gasteiger partial charge in [0.1, 0.15) is 5.69 Å². The van der Waals surface area contributed by atoms with E-state index in [0.717, 1.165) is 23.0 Å². The first kappa shape index (κ1) is 14.6. The molecule has 1 aliphatic rings. The lowest BCUT2D eigenvalue weighted by atomic mass is 10.1. The molecule has 2 N–H and O–H groups in total. The van der Waals surface area contributed by atoms with E-state index in [-0.39, 0.29) is 0 Å². The van der Waals surface area contributed by atoms with Crippen LogP contribution in [0.3, 0.4) is 0 Å². The van der Waals surface area contributed by atoms with Gasteiger partial charge in [0.15, 0.2) is 11.7 Å². The van der Waals surface area contributed by atoms with E-state index in [1.165, 1.54) is 25.7 Å². The molecule has 0 saturated heterocycles. The molecule has 0 unspecified atom stereocenters. The number of rotatable bonds is 4. The third-order valence-corrected chi connectivity index (χ3v) is 3.98. The van der Waals surface area contributed by atoms with Crippen molar-refractivity contribution in [3.63, 3.8) is 0 Å². The summed E-state index contributed by atoms with van der Waals surface area (Å²) in [5, 5.41) is 10.9. The molecule has 1 saturated carbocycles. The SMILES string of the molecule is CN=C(NCc1cc(-c2ccccc2)no1)NC1CCCC1. The van der Waals surface area contributed by atoms with Crippen molar-refractivity contribution in [1.82, 2.24) is 15.8 Å². The number of guanidine groups is 1. The number of nitrogens with zero attached hydrogens (tertiary/aromatic N) is 2. The molecule has 1 fully saturated rings. The fourth-order valence-electron chi connectivity index (χ4n) is 2.77. The zero-order valence-corrected chi connectivity index (χ0v) is 12.9. The van der Waals surface area contributed by atoms with Crippen LogP contribution < -0.4 is 10.6 Å². The van der Waals surface area contributed by atoms with Gasteiger partial charge in [-0.2, -0.15) is 0 Å². The molecule has 22 heavy (non-hydrogen) atoms. The maximum atomic E-state index is 5.39. The topological polar surface area (TPSA) is 62.5 Å². The van der Waals surface area contributed by atoms with Crippen LogP contribution >= 0.6 is 0 Å². The van der Waals surface area contributed by atoms with Crippen molar-refractivity contribution < 1.29 is 4.52 Å². The minimum Gasteiger partial charge on any atom is -0.359 e. The lowest BCUT2D eigenvalue weighted by molar-refractivity contribution is 0.381. The summed E-state index contributed by atoms with van der Waals surface area (Å²) in [4.78, 5) is 4.26. The zero-order valence-electron chi connectivity index (χ0n) is 12.9. The quantitative estimate of drug-likeness (QED) is 0.673. The van der Waals surface area contributed by atoms with E-state index in [9.17, 15) is 0 Å². The van der Waals surface area contributed by atoms with E-state index in [1.807, 2.05) is 36.4 Å². The molecule has 116 valence electrons. The second-order valence-electron chi connectivity index (χ2n) is 5.60. The van der Waals surface area contributed by atoms with Crippen LogP contribution in [0.1, 0.15) is 31.4 Å². The molecule has 1 aliphatic carbocycles. The second kappa shape index (κ2) is 7.11. The van der Waals surface area contributed by atoms with Crippen LogP contribution in [0.5, 0.6) is 0 Å². The second-order valence-corrected chi connectivity index (χ2v) is 5.60. The van der Waals surface area contributed by atoms with E-state index in [2.05, 4.69) is 20.8 Å². The third kappa shape index (κ3) is 3.67. The maximum Gasteiger partial charge on any atom is 0.191 e. The molecular formula is C17H22N4O. The average molecular weight is 298 g/mol. The van der Waals surface area contributed by atoms with Crippen LogP contribution in [0.15, 0.2) is 45.9 Å². The number of aromatic nitrogens is 1. The first-order chi connectivity index (χ1) is 10.8. The molecule has 5 nitrogen and oxygen atoms in total. The van der Waals surface area contributed by atoms with Crippen LogP contribution in [0, 0.1) is 0 Å². The number of aliphatic imine (C=N–C) groups is 1. The van der Waals surface area contributed by atoms with Crippen molar-refractivity contribution in [1.29, 1.82) is 0 Å². The highest BCUT2D eigenvalue weighted by Gasteiger charge is 2.16. The van der Waals surface area contributed by atoms with Gasteiger partial charge in [0.2, 0.25) is 0 Å². The van der Waals surface area contributed by atoms with Gasteiger partial charge in [0, 0.05) is 24.7 Å². The van der Waals surface area contributed by atoms with Crippen LogP contribution in [-0.2, 0) is 6.54 Å². The highest BCUT2D eigenvalue weighted by atomic mass is 16.5. The normalized spacial score (nSPS) is 16.0. The van der Waals surface area contributed by atoms with Crippen LogP contribution in [0.4, 0.5) is 0 Å². The van der Waals surface area contributed by atoms with Crippen molar-refractivity contribution in [3.8, 4) is 11.3 Å². The highest BCUT2D eigenvalue weighted by molar-refractivity contribution is 5.79. The smallest absolute Gasteiger partial charge is 0.191 e. The molecule has 2 aromatic rings. The molecule has 1 aromatic carbocycles. The molecule has 0 aliphatic heterocycles. The summed E-state index contributed by atoms with van der Waals surface area (Å²) in [5.74, 6) is 1.62. The highest BCUT2D eigenvalue weighted by Crippen LogP contribution is 2.19. The summed E-state index contributed by atoms with van der Waals surface area (Å²) >= 11 is 0. The van der Waals surface area contributed by atoms with Gasteiger partial charge in [-0.1, -0.05) is 48.3 Å². The lowest BCUT2D eigenvalue weighted by Crippen LogP contribution is -2.41. The Balaban J connectivity index is 1.56. The van der Waals surface area contributed by atoms with Crippen molar-refractivity contribution in [2.75, 3.05) is 7.05 Å². The molecule has 0 radical (unpaired) electrons. The van der Waals surface area contributed by atoms with E-state index in [4.69, 9.17) is 4.52 Å². The number of benzene rings is 1. The van der Waals surface area contributed by atoms with Crippen LogP contribution in [0.25, 0.3) is 11.3 Å². The minimum absolute atomic E-state index is 0.542. The van der Waals surface area contributed by atoms with Crippen molar-refractivity contribution in [2.24, 2.45) is 4.99 Å². The molecule has 3 rings (SSSR count). The van der Waals surface area contributed by atoms with Gasteiger partial charge in [0.25, 0.3) is 0 Å². The fourth-order valence-corrected chi connectivity index (χ4v) is 2.77. The number of hydrogen-bond acceptors (Lipinski definition) is 3. The van der Waals surface area contributed by atoms with Gasteiger partial charge in [-0.25, -0.2) is 0 Å². The van der Waals surface area contributed by atoms with Gasteiger partial charge >= 0.3 is 0 Å². The van der Waals surface area contributed by atoms with Crippen molar-refractivity contribution >= 4 is 5.96 Å². The average Bonchev–Trinajstić information content (AvgIpc) is 3.24. The summed E-state index contributed by atoms with van der Waals surface area (Å²) < 4.78 is 5.39. The standard InChI is InChI=1S/C17H22N4O/c1-18-17(20-14-9-5-6-10-14)19-12-15-11-16(21-22-15)13-7-3-2-4-8-13/h2-4,7-8,11,14H,5-6,9-10,12H2,1H3,(H2,18,19,20). The number of hydrogen-bond donors (Lipinski definition) is 2. The molecule has 5 heteroatoms. The summed E-state index contributed by atoms with van der Waals surface area (Å²) in [7, 11) is 1.79. The van der Waals surface area contributed by atoms with Gasteiger partial charge in [-0.3, -0.25) is 4.99 Å². The molecule has 1 aromatic heterocycles. The Labute approximate surface area is 130 Å². The Morgan fingerprint density at radius 1 is 1.27 bits per heavy atom. The van der Waals surface area contributed by atoms with E-state index in [1.54, 1.807) is 7.05 Å². The predicted molar refractivity (Wildman–Crippen MR) is 87.5 cm³/mol. The first-order valence-electron chi connectivity index (χ1n) is 7.83. The molecule has 0 spiro atoms. The summed E-state index contributed by atoms with van der Waals surface area (Å²) in [5.41, 5.74) is 1.92. The predicted octanol–water partition coefficient (Wildman–Crippen LogP) is 2.95. The molecular weight excluding hydrogens is 276 g/mol. The monoisotopic (exact) mass is 298 g/mol. The van der Waals surface area contributed by atoms with Crippen LogP contribution in [0.2, 0.25) is 0 Å². The first-order valence-corrected chi connectivity index (χ1v) is 7.83. The molecule has 1 heterocycles. The summed E-state index contributed by atoms with van der Waals surface area (Å²) in [6, 6.07) is 12.5. The Morgan fingerprint density at radius 3 is 2.77 bits per heavy atom.